The summed E-state index contributed by atoms with van der Waals surface area (Å²) in [5, 5.41) is 0. The average Bonchev–Trinajstić information content (AvgIpc) is 2.84. The van der Waals surface area contributed by atoms with Crippen molar-refractivity contribution in [1.29, 1.82) is 0 Å². The Morgan fingerprint density at radius 2 is 1.53 bits per heavy atom. The fourth-order valence-corrected chi connectivity index (χ4v) is 6.30. The summed E-state index contributed by atoms with van der Waals surface area (Å²) < 4.78 is 42.4. The molecule has 0 radical (unpaired) electrons. The van der Waals surface area contributed by atoms with Gasteiger partial charge in [-0.25, -0.2) is 12.8 Å². The number of carbonyl (C=O) groups excluding carboxylic acids is 1. The number of amides is 1. The molecule has 1 heterocycles. The molecule has 0 unspecified atom stereocenters. The molecule has 0 aromatic heterocycles. The molecule has 2 aromatic rings. The topological polar surface area (TPSA) is 60.9 Å². The highest BCUT2D eigenvalue weighted by atomic mass is 32.2. The number of hydrogen-bond acceptors (Lipinski definition) is 4. The fourth-order valence-electron chi connectivity index (χ4n) is 4.65. The summed E-state index contributed by atoms with van der Waals surface area (Å²) >= 11 is 0. The fraction of sp³-hybridized carbons (Fsp3) is 0.458. The number of sulfonamides is 1. The Morgan fingerprint density at radius 1 is 0.906 bits per heavy atom. The quantitative estimate of drug-likeness (QED) is 0.664. The Morgan fingerprint density at radius 3 is 2.19 bits per heavy atom. The number of rotatable bonds is 6. The van der Waals surface area contributed by atoms with E-state index in [-0.39, 0.29) is 29.2 Å². The summed E-state index contributed by atoms with van der Waals surface area (Å²) in [6.07, 6.45) is 4.60. The molecule has 1 aliphatic carbocycles. The summed E-state index contributed by atoms with van der Waals surface area (Å²) in [7, 11) is -3.77. The molecule has 1 saturated carbocycles. The predicted octanol–water partition coefficient (Wildman–Crippen LogP) is 3.50. The van der Waals surface area contributed by atoms with Crippen LogP contribution in [0, 0.1) is 5.82 Å². The van der Waals surface area contributed by atoms with Gasteiger partial charge in [0.15, 0.2) is 0 Å². The molecule has 2 aromatic carbocycles. The van der Waals surface area contributed by atoms with Gasteiger partial charge in [-0.3, -0.25) is 4.79 Å². The maximum absolute atomic E-state index is 14.1. The van der Waals surface area contributed by atoms with Gasteiger partial charge in [0.2, 0.25) is 15.9 Å². The van der Waals surface area contributed by atoms with Crippen LogP contribution in [0.5, 0.6) is 0 Å². The number of halogens is 1. The lowest BCUT2D eigenvalue weighted by Gasteiger charge is -2.38. The second-order valence-electron chi connectivity index (χ2n) is 8.47. The van der Waals surface area contributed by atoms with Crippen molar-refractivity contribution in [2.24, 2.45) is 0 Å². The minimum absolute atomic E-state index is 0.151. The largest absolute Gasteiger partial charge is 0.366 e. The van der Waals surface area contributed by atoms with Gasteiger partial charge in [-0.2, -0.15) is 4.31 Å². The van der Waals surface area contributed by atoms with Gasteiger partial charge >= 0.3 is 0 Å². The van der Waals surface area contributed by atoms with Crippen molar-refractivity contribution in [3.05, 3.63) is 60.4 Å². The van der Waals surface area contributed by atoms with Crippen LogP contribution in [0.15, 0.2) is 59.5 Å². The van der Waals surface area contributed by atoms with E-state index >= 15 is 0 Å². The van der Waals surface area contributed by atoms with Crippen LogP contribution in [0.3, 0.4) is 0 Å². The number of benzene rings is 2. The highest BCUT2D eigenvalue weighted by molar-refractivity contribution is 7.89. The van der Waals surface area contributed by atoms with Crippen molar-refractivity contribution in [2.75, 3.05) is 37.6 Å². The molecule has 8 heteroatoms. The number of carbonyl (C=O) groups is 1. The van der Waals surface area contributed by atoms with E-state index in [1.54, 1.807) is 53.4 Å². The van der Waals surface area contributed by atoms with Gasteiger partial charge in [0, 0.05) is 32.2 Å². The zero-order valence-corrected chi connectivity index (χ0v) is 19.0. The van der Waals surface area contributed by atoms with Gasteiger partial charge in [-0.05, 0) is 37.1 Å². The Kier molecular flexibility index (Phi) is 7.10. The lowest BCUT2D eigenvalue weighted by Crippen LogP contribution is -2.53. The lowest BCUT2D eigenvalue weighted by atomic mass is 9.95. The van der Waals surface area contributed by atoms with Crippen molar-refractivity contribution in [3.8, 4) is 0 Å². The third-order valence-corrected chi connectivity index (χ3v) is 8.36. The summed E-state index contributed by atoms with van der Waals surface area (Å²) in [6.45, 7) is 1.76. The van der Waals surface area contributed by atoms with E-state index < -0.39 is 10.0 Å². The summed E-state index contributed by atoms with van der Waals surface area (Å²) in [6, 6.07) is 14.8. The van der Waals surface area contributed by atoms with E-state index in [9.17, 15) is 17.6 Å². The van der Waals surface area contributed by atoms with Crippen LogP contribution in [0.4, 0.5) is 10.1 Å². The standard InChI is InChI=1S/C24H30FN3O3S/c25-22-13-7-8-14-23(22)26-15-17-27(18-16-26)24(29)19-28(20-9-3-1-4-10-20)32(30,31)21-11-5-2-6-12-21/h2,5-8,11-14,20H,1,3-4,9-10,15-19H2. The van der Waals surface area contributed by atoms with Gasteiger partial charge in [-0.15, -0.1) is 0 Å². The molecule has 1 saturated heterocycles. The van der Waals surface area contributed by atoms with Crippen LogP contribution < -0.4 is 4.90 Å². The highest BCUT2D eigenvalue weighted by Gasteiger charge is 2.35. The van der Waals surface area contributed by atoms with Crippen LogP contribution in [-0.4, -0.2) is 62.3 Å². The lowest BCUT2D eigenvalue weighted by molar-refractivity contribution is -0.132. The van der Waals surface area contributed by atoms with E-state index in [0.717, 1.165) is 32.1 Å². The third-order valence-electron chi connectivity index (χ3n) is 6.45. The van der Waals surface area contributed by atoms with E-state index in [0.29, 0.717) is 31.9 Å². The van der Waals surface area contributed by atoms with Gasteiger partial charge in [0.05, 0.1) is 17.1 Å². The van der Waals surface area contributed by atoms with E-state index in [1.165, 1.54) is 10.4 Å². The first kappa shape index (κ1) is 22.7. The summed E-state index contributed by atoms with van der Waals surface area (Å²) in [5.74, 6) is -0.465. The Balaban J connectivity index is 1.47. The van der Waals surface area contributed by atoms with Crippen LogP contribution >= 0.6 is 0 Å². The smallest absolute Gasteiger partial charge is 0.243 e. The molecule has 32 heavy (non-hydrogen) atoms. The van der Waals surface area contributed by atoms with Crippen molar-refractivity contribution < 1.29 is 17.6 Å². The second-order valence-corrected chi connectivity index (χ2v) is 10.4. The van der Waals surface area contributed by atoms with Gasteiger partial charge in [-0.1, -0.05) is 49.6 Å². The van der Waals surface area contributed by atoms with Crippen molar-refractivity contribution in [1.82, 2.24) is 9.21 Å². The first-order valence-electron chi connectivity index (χ1n) is 11.3. The van der Waals surface area contributed by atoms with E-state index in [4.69, 9.17) is 0 Å². The Hall–Kier alpha value is -2.45. The SMILES string of the molecule is O=C(CN(C1CCCCC1)S(=O)(=O)c1ccccc1)N1CCN(c2ccccc2F)CC1. The minimum atomic E-state index is -3.77. The molecule has 172 valence electrons. The normalized spacial score (nSPS) is 18.2. The minimum Gasteiger partial charge on any atom is -0.366 e. The molecule has 6 nitrogen and oxygen atoms in total. The molecular weight excluding hydrogens is 429 g/mol. The number of nitrogens with zero attached hydrogens (tertiary/aromatic N) is 3. The molecule has 2 fully saturated rings. The Bertz CT molecular complexity index is 1020. The zero-order chi connectivity index (χ0) is 22.6. The van der Waals surface area contributed by atoms with Crippen LogP contribution in [0.2, 0.25) is 0 Å². The third kappa shape index (κ3) is 4.96. The number of para-hydroxylation sites is 1. The molecular formula is C24H30FN3O3S. The molecule has 0 atom stereocenters. The second kappa shape index (κ2) is 10.0. The van der Waals surface area contributed by atoms with Crippen LogP contribution in [0.1, 0.15) is 32.1 Å². The number of piperazine rings is 1. The highest BCUT2D eigenvalue weighted by Crippen LogP contribution is 2.28. The monoisotopic (exact) mass is 459 g/mol. The molecule has 1 amide bonds. The number of anilines is 1. The van der Waals surface area contributed by atoms with E-state index in [2.05, 4.69) is 0 Å². The van der Waals surface area contributed by atoms with E-state index in [1.807, 2.05) is 4.90 Å². The molecule has 1 aliphatic heterocycles. The summed E-state index contributed by atoms with van der Waals surface area (Å²) in [5.41, 5.74) is 0.537. The van der Waals surface area contributed by atoms with Crippen molar-refractivity contribution >= 4 is 21.6 Å². The molecule has 0 spiro atoms. The van der Waals surface area contributed by atoms with Gasteiger partial charge in [0.1, 0.15) is 5.82 Å². The van der Waals surface area contributed by atoms with Gasteiger partial charge < -0.3 is 9.80 Å². The van der Waals surface area contributed by atoms with Crippen LogP contribution in [0.25, 0.3) is 0 Å². The molecule has 4 rings (SSSR count). The first-order chi connectivity index (χ1) is 15.5. The zero-order valence-electron chi connectivity index (χ0n) is 18.2. The molecule has 0 bridgehead atoms. The average molecular weight is 460 g/mol. The van der Waals surface area contributed by atoms with Crippen LogP contribution in [-0.2, 0) is 14.8 Å². The maximum Gasteiger partial charge on any atom is 0.243 e. The number of hydrogen-bond donors (Lipinski definition) is 0. The molecule has 2 aliphatic rings. The maximum atomic E-state index is 14.1. The Labute approximate surface area is 189 Å². The first-order valence-corrected chi connectivity index (χ1v) is 12.7. The molecule has 0 N–H and O–H groups in total. The van der Waals surface area contributed by atoms with Crippen molar-refractivity contribution in [3.63, 3.8) is 0 Å². The summed E-state index contributed by atoms with van der Waals surface area (Å²) in [4.78, 5) is 17.0. The van der Waals surface area contributed by atoms with Crippen molar-refractivity contribution in [2.45, 2.75) is 43.0 Å². The predicted molar refractivity (Wildman–Crippen MR) is 122 cm³/mol. The van der Waals surface area contributed by atoms with Gasteiger partial charge in [0.25, 0.3) is 0 Å².